The summed E-state index contributed by atoms with van der Waals surface area (Å²) in [5.74, 6) is 1.07. The molecule has 2 N–H and O–H groups in total. The van der Waals surface area contributed by atoms with Crippen molar-refractivity contribution >= 4 is 17.4 Å². The highest BCUT2D eigenvalue weighted by Crippen LogP contribution is 2.30. The Hall–Kier alpha value is -4.46. The quantitative estimate of drug-likeness (QED) is 0.466. The number of hydrogen-bond donors (Lipinski definition) is 2. The van der Waals surface area contributed by atoms with E-state index in [0.717, 1.165) is 42.9 Å². The number of nitriles is 1. The van der Waals surface area contributed by atoms with Gasteiger partial charge >= 0.3 is 6.09 Å². The lowest BCUT2D eigenvalue weighted by Gasteiger charge is -2.33. The van der Waals surface area contributed by atoms with Gasteiger partial charge in [-0.3, -0.25) is 4.68 Å². The molecule has 1 fully saturated rings. The molecule has 34 heavy (non-hydrogen) atoms. The second kappa shape index (κ2) is 8.82. The average molecular weight is 457 g/mol. The zero-order chi connectivity index (χ0) is 23.7. The van der Waals surface area contributed by atoms with Gasteiger partial charge in [0.15, 0.2) is 0 Å². The first-order chi connectivity index (χ1) is 16.5. The Morgan fingerprint density at radius 1 is 1.24 bits per heavy atom. The van der Waals surface area contributed by atoms with Crippen LogP contribution in [0.15, 0.2) is 43.1 Å². The number of fused-ring (bicyclic) bond motifs is 1. The summed E-state index contributed by atoms with van der Waals surface area (Å²) >= 11 is 0. The monoisotopic (exact) mass is 457 g/mol. The smallest absolute Gasteiger partial charge is 0.404 e. The standard InChI is InChI=1S/C23H23N9O2/c1-30-13-18(11-27-30)19-14-32-22(17(7-24)10-28-32)21(29-19)16-4-5-20(25-9-16)31-6-2-3-15(12-31)8-26-23(33)34/h4-5,9-11,13-15,26H,2-3,6,8,12H2,1H3,(H,33,34)/t15-/m1/s1. The van der Waals surface area contributed by atoms with Crippen LogP contribution in [0.2, 0.25) is 0 Å². The topological polar surface area (TPSA) is 137 Å². The molecule has 0 radical (unpaired) electrons. The molecule has 5 rings (SSSR count). The van der Waals surface area contributed by atoms with Crippen LogP contribution in [0.5, 0.6) is 0 Å². The Morgan fingerprint density at radius 3 is 2.82 bits per heavy atom. The molecule has 1 aliphatic heterocycles. The lowest BCUT2D eigenvalue weighted by Crippen LogP contribution is -2.41. The summed E-state index contributed by atoms with van der Waals surface area (Å²) in [6, 6.07) is 6.09. The van der Waals surface area contributed by atoms with E-state index < -0.39 is 6.09 Å². The highest BCUT2D eigenvalue weighted by Gasteiger charge is 2.22. The molecule has 0 saturated carbocycles. The zero-order valence-electron chi connectivity index (χ0n) is 18.6. The average Bonchev–Trinajstić information content (AvgIpc) is 3.48. The first kappa shape index (κ1) is 21.4. The minimum Gasteiger partial charge on any atom is -0.465 e. The summed E-state index contributed by atoms with van der Waals surface area (Å²) in [5, 5.41) is 29.5. The van der Waals surface area contributed by atoms with Crippen LogP contribution in [-0.4, -0.2) is 60.2 Å². The van der Waals surface area contributed by atoms with E-state index in [0.29, 0.717) is 29.0 Å². The van der Waals surface area contributed by atoms with Crippen molar-refractivity contribution in [2.24, 2.45) is 13.0 Å². The van der Waals surface area contributed by atoms with Crippen LogP contribution in [-0.2, 0) is 7.05 Å². The fraction of sp³-hybridized carbons (Fsp3) is 0.304. The Balaban J connectivity index is 1.47. The second-order valence-corrected chi connectivity index (χ2v) is 8.39. The van der Waals surface area contributed by atoms with Gasteiger partial charge in [-0.25, -0.2) is 19.3 Å². The Labute approximate surface area is 195 Å². The third-order valence-corrected chi connectivity index (χ3v) is 6.02. The van der Waals surface area contributed by atoms with Crippen LogP contribution in [0, 0.1) is 17.2 Å². The first-order valence-electron chi connectivity index (χ1n) is 11.0. The van der Waals surface area contributed by atoms with Crippen molar-refractivity contribution in [3.8, 4) is 28.6 Å². The number of amides is 1. The molecular weight excluding hydrogens is 434 g/mol. The fourth-order valence-electron chi connectivity index (χ4n) is 4.37. The van der Waals surface area contributed by atoms with Crippen molar-refractivity contribution < 1.29 is 9.90 Å². The first-order valence-corrected chi connectivity index (χ1v) is 11.0. The van der Waals surface area contributed by atoms with E-state index in [1.54, 1.807) is 27.8 Å². The number of nitrogens with one attached hydrogen (secondary N) is 1. The summed E-state index contributed by atoms with van der Waals surface area (Å²) < 4.78 is 3.38. The molecule has 1 saturated heterocycles. The second-order valence-electron chi connectivity index (χ2n) is 8.39. The number of aromatic nitrogens is 6. The number of pyridine rings is 1. The molecule has 0 spiro atoms. The van der Waals surface area contributed by atoms with Gasteiger partial charge in [-0.2, -0.15) is 15.5 Å². The number of hydrogen-bond acceptors (Lipinski definition) is 7. The Kier molecular flexibility index (Phi) is 5.55. The van der Waals surface area contributed by atoms with E-state index in [4.69, 9.17) is 10.1 Å². The van der Waals surface area contributed by atoms with Gasteiger partial charge in [0.05, 0.1) is 30.0 Å². The lowest BCUT2D eigenvalue weighted by atomic mass is 9.98. The van der Waals surface area contributed by atoms with Gasteiger partial charge in [0.25, 0.3) is 0 Å². The molecule has 0 bridgehead atoms. The summed E-state index contributed by atoms with van der Waals surface area (Å²) in [6.45, 7) is 2.05. The Morgan fingerprint density at radius 2 is 2.12 bits per heavy atom. The van der Waals surface area contributed by atoms with Crippen LogP contribution in [0.1, 0.15) is 18.4 Å². The van der Waals surface area contributed by atoms with Gasteiger partial charge in [-0.15, -0.1) is 0 Å². The summed E-state index contributed by atoms with van der Waals surface area (Å²) in [5.41, 5.74) is 4.00. The Bertz CT molecular complexity index is 1380. The van der Waals surface area contributed by atoms with Crippen LogP contribution < -0.4 is 10.2 Å². The van der Waals surface area contributed by atoms with Gasteiger partial charge in [0.2, 0.25) is 0 Å². The SMILES string of the molecule is Cn1cc(-c2cn3ncc(C#N)c3c(-c3ccc(N4CCC[C@H](CNC(=O)O)C4)nc3)n2)cn1. The maximum atomic E-state index is 10.8. The summed E-state index contributed by atoms with van der Waals surface area (Å²) in [7, 11) is 1.84. The van der Waals surface area contributed by atoms with Gasteiger partial charge < -0.3 is 15.3 Å². The molecule has 0 aromatic carbocycles. The summed E-state index contributed by atoms with van der Waals surface area (Å²) in [6.07, 6.45) is 9.66. The normalized spacial score (nSPS) is 15.9. The van der Waals surface area contributed by atoms with Crippen LogP contribution in [0.4, 0.5) is 10.6 Å². The number of carboxylic acid groups (broad SMARTS) is 1. The number of anilines is 1. The number of carbonyl (C=O) groups is 1. The highest BCUT2D eigenvalue weighted by molar-refractivity contribution is 5.83. The van der Waals surface area contributed by atoms with E-state index in [1.165, 1.54) is 6.20 Å². The number of nitrogens with zero attached hydrogens (tertiary/aromatic N) is 8. The van der Waals surface area contributed by atoms with E-state index in [9.17, 15) is 10.1 Å². The number of aryl methyl sites for hydroxylation is 1. The van der Waals surface area contributed by atoms with Crippen molar-refractivity contribution in [2.45, 2.75) is 12.8 Å². The molecule has 11 heteroatoms. The van der Waals surface area contributed by atoms with Crippen LogP contribution in [0.3, 0.4) is 0 Å². The fourth-order valence-corrected chi connectivity index (χ4v) is 4.37. The predicted octanol–water partition coefficient (Wildman–Crippen LogP) is 2.55. The minimum absolute atomic E-state index is 0.244. The molecule has 172 valence electrons. The van der Waals surface area contributed by atoms with Gasteiger partial charge in [0, 0.05) is 50.2 Å². The third kappa shape index (κ3) is 4.13. The molecule has 0 aliphatic carbocycles. The molecule has 1 atom stereocenters. The summed E-state index contributed by atoms with van der Waals surface area (Å²) in [4.78, 5) is 22.5. The van der Waals surface area contributed by atoms with Crippen molar-refractivity contribution in [1.82, 2.24) is 34.7 Å². The van der Waals surface area contributed by atoms with Crippen molar-refractivity contribution in [1.29, 1.82) is 5.26 Å². The van der Waals surface area contributed by atoms with E-state index in [-0.39, 0.29) is 5.92 Å². The van der Waals surface area contributed by atoms with E-state index in [2.05, 4.69) is 31.5 Å². The van der Waals surface area contributed by atoms with Crippen molar-refractivity contribution in [3.05, 3.63) is 48.7 Å². The molecule has 5 heterocycles. The van der Waals surface area contributed by atoms with Crippen LogP contribution in [0.25, 0.3) is 28.0 Å². The van der Waals surface area contributed by atoms with Crippen molar-refractivity contribution in [2.75, 3.05) is 24.5 Å². The van der Waals surface area contributed by atoms with E-state index in [1.807, 2.05) is 25.4 Å². The molecular formula is C23H23N9O2. The number of piperidine rings is 1. The number of rotatable bonds is 5. The largest absolute Gasteiger partial charge is 0.465 e. The molecule has 1 amide bonds. The lowest BCUT2D eigenvalue weighted by molar-refractivity contribution is 0.191. The van der Waals surface area contributed by atoms with Gasteiger partial charge in [0.1, 0.15) is 23.0 Å². The molecule has 11 nitrogen and oxygen atoms in total. The third-order valence-electron chi connectivity index (χ3n) is 6.02. The minimum atomic E-state index is -0.997. The molecule has 4 aromatic heterocycles. The van der Waals surface area contributed by atoms with E-state index >= 15 is 0 Å². The molecule has 1 aliphatic rings. The highest BCUT2D eigenvalue weighted by atomic mass is 16.4. The maximum absolute atomic E-state index is 10.8. The van der Waals surface area contributed by atoms with Gasteiger partial charge in [-0.1, -0.05) is 0 Å². The maximum Gasteiger partial charge on any atom is 0.404 e. The van der Waals surface area contributed by atoms with Gasteiger partial charge in [-0.05, 0) is 30.9 Å². The predicted molar refractivity (Wildman–Crippen MR) is 124 cm³/mol. The molecule has 4 aromatic rings. The van der Waals surface area contributed by atoms with Crippen LogP contribution >= 0.6 is 0 Å². The van der Waals surface area contributed by atoms with Crippen molar-refractivity contribution in [3.63, 3.8) is 0 Å². The molecule has 0 unspecified atom stereocenters. The zero-order valence-corrected chi connectivity index (χ0v) is 18.6.